The molecule has 11 heteroatoms. The van der Waals surface area contributed by atoms with Gasteiger partial charge in [-0.25, -0.2) is 8.78 Å². The number of rotatable bonds is 8. The molecule has 0 N–H and O–H groups in total. The molecule has 4 saturated carbocycles. The van der Waals surface area contributed by atoms with Gasteiger partial charge in [0, 0.05) is 6.42 Å². The highest BCUT2D eigenvalue weighted by Gasteiger charge is 2.64. The minimum atomic E-state index is -5.36. The molecule has 0 radical (unpaired) electrons. The molecule has 4 aliphatic rings. The van der Waals surface area contributed by atoms with Gasteiger partial charge in [0.1, 0.15) is 18.4 Å². The lowest BCUT2D eigenvalue weighted by Crippen LogP contribution is -2.61. The average Bonchev–Trinajstić information content (AvgIpc) is 2.56. The first-order chi connectivity index (χ1) is 14.8. The van der Waals surface area contributed by atoms with Crippen molar-refractivity contribution in [1.82, 2.24) is 0 Å². The quantitative estimate of drug-likeness (QED) is 0.291. The summed E-state index contributed by atoms with van der Waals surface area (Å²) in [6.07, 6.45) is -12.9. The number of hydrogen-bond donors (Lipinski definition) is 0. The van der Waals surface area contributed by atoms with Crippen LogP contribution in [0.4, 0.5) is 30.7 Å². The second-order valence-corrected chi connectivity index (χ2v) is 10.9. The van der Waals surface area contributed by atoms with Gasteiger partial charge in [0.05, 0.1) is 10.8 Å². The number of halogens is 7. The molecule has 33 heavy (non-hydrogen) atoms. The van der Waals surface area contributed by atoms with Crippen LogP contribution in [-0.2, 0) is 19.1 Å². The molecule has 0 heterocycles. The van der Waals surface area contributed by atoms with Crippen LogP contribution in [0.15, 0.2) is 0 Å². The van der Waals surface area contributed by atoms with Crippen LogP contribution >= 0.6 is 0 Å². The molecule has 0 saturated heterocycles. The van der Waals surface area contributed by atoms with Crippen molar-refractivity contribution in [2.75, 3.05) is 0 Å². The van der Waals surface area contributed by atoms with Crippen molar-refractivity contribution in [1.29, 1.82) is 0 Å². The summed E-state index contributed by atoms with van der Waals surface area (Å²) in [6.45, 7) is 5.24. The largest absolute Gasteiger partial charge is 0.459 e. The molecule has 4 bridgehead atoms. The fourth-order valence-electron chi connectivity index (χ4n) is 5.95. The molecular formula is C22H29F7O4. The molecule has 190 valence electrons. The molecule has 0 spiro atoms. The first-order valence-corrected chi connectivity index (χ1v) is 11.1. The third kappa shape index (κ3) is 5.75. The van der Waals surface area contributed by atoms with Crippen LogP contribution in [0.1, 0.15) is 78.6 Å². The molecule has 0 aromatic heterocycles. The molecular weight excluding hydrogens is 461 g/mol. The summed E-state index contributed by atoms with van der Waals surface area (Å²) in [5, 5.41) is 0. The number of hydrogen-bond acceptors (Lipinski definition) is 4. The maximum Gasteiger partial charge on any atom is 0.405 e. The Hall–Kier alpha value is -1.55. The van der Waals surface area contributed by atoms with E-state index in [9.17, 15) is 40.3 Å². The van der Waals surface area contributed by atoms with Gasteiger partial charge in [0.15, 0.2) is 0 Å². The zero-order valence-electron chi connectivity index (χ0n) is 18.8. The maximum atomic E-state index is 14.2. The van der Waals surface area contributed by atoms with E-state index in [0.29, 0.717) is 19.3 Å². The van der Waals surface area contributed by atoms with Crippen LogP contribution in [0, 0.1) is 22.7 Å². The van der Waals surface area contributed by atoms with E-state index in [1.165, 1.54) is 0 Å². The summed E-state index contributed by atoms with van der Waals surface area (Å²) < 4.78 is 102. The molecule has 4 nitrogen and oxygen atoms in total. The summed E-state index contributed by atoms with van der Waals surface area (Å²) in [6, 6.07) is 0. The topological polar surface area (TPSA) is 52.6 Å². The van der Waals surface area contributed by atoms with E-state index in [1.807, 2.05) is 6.92 Å². The normalized spacial score (nSPS) is 32.1. The molecule has 2 unspecified atom stereocenters. The zero-order chi connectivity index (χ0) is 25.1. The summed E-state index contributed by atoms with van der Waals surface area (Å²) in [7, 11) is 0. The Labute approximate surface area is 187 Å². The fourth-order valence-corrected chi connectivity index (χ4v) is 5.95. The van der Waals surface area contributed by atoms with E-state index in [1.54, 1.807) is 13.8 Å². The number of esters is 2. The van der Waals surface area contributed by atoms with Crippen LogP contribution in [-0.4, -0.2) is 35.7 Å². The summed E-state index contributed by atoms with van der Waals surface area (Å²) >= 11 is 0. The van der Waals surface area contributed by atoms with Crippen molar-refractivity contribution < 1.29 is 49.8 Å². The number of ether oxygens (including phenoxy) is 2. The zero-order valence-corrected chi connectivity index (χ0v) is 18.8. The monoisotopic (exact) mass is 490 g/mol. The standard InChI is InChI=1S/C22H29F7O4/c1-4-17(2,3)15(30)32-19-8-13-5-14(9-19)7-18(6-13,10-19)16(31)33-22(28,29)12-20(23,24)11-21(25,26)27/h13-14H,4-12H2,1-3H3. The van der Waals surface area contributed by atoms with Crippen LogP contribution in [0.2, 0.25) is 0 Å². The predicted molar refractivity (Wildman–Crippen MR) is 101 cm³/mol. The van der Waals surface area contributed by atoms with Gasteiger partial charge in [-0.1, -0.05) is 6.92 Å². The molecule has 2 atom stereocenters. The van der Waals surface area contributed by atoms with Crippen LogP contribution in [0.25, 0.3) is 0 Å². The maximum absolute atomic E-state index is 14.2. The van der Waals surface area contributed by atoms with Crippen molar-refractivity contribution in [2.24, 2.45) is 22.7 Å². The van der Waals surface area contributed by atoms with Gasteiger partial charge in [-0.2, -0.15) is 22.0 Å². The lowest BCUT2D eigenvalue weighted by Gasteiger charge is -2.60. The molecule has 4 rings (SSSR count). The third-order valence-corrected chi connectivity index (χ3v) is 7.35. The second kappa shape index (κ2) is 8.00. The van der Waals surface area contributed by atoms with E-state index in [0.717, 1.165) is 6.42 Å². The molecule has 4 fully saturated rings. The Morgan fingerprint density at radius 3 is 1.94 bits per heavy atom. The molecule has 0 aromatic carbocycles. The number of alkyl halides is 7. The van der Waals surface area contributed by atoms with Gasteiger partial charge in [-0.3, -0.25) is 9.59 Å². The van der Waals surface area contributed by atoms with Gasteiger partial charge in [0.2, 0.25) is 0 Å². The highest BCUT2D eigenvalue weighted by molar-refractivity contribution is 5.79. The van der Waals surface area contributed by atoms with Gasteiger partial charge in [-0.05, 0) is 64.2 Å². The van der Waals surface area contributed by atoms with Crippen molar-refractivity contribution in [2.45, 2.75) is 102 Å². The lowest BCUT2D eigenvalue weighted by molar-refractivity contribution is -0.284. The number of carbonyl (C=O) groups excluding carboxylic acids is 2. The molecule has 0 amide bonds. The van der Waals surface area contributed by atoms with Crippen molar-refractivity contribution >= 4 is 11.9 Å². The fraction of sp³-hybridized carbons (Fsp3) is 0.909. The highest BCUT2D eigenvalue weighted by atomic mass is 19.4. The Bertz CT molecular complexity index is 776. The Balaban J connectivity index is 1.76. The van der Waals surface area contributed by atoms with Crippen LogP contribution in [0.5, 0.6) is 0 Å². The predicted octanol–water partition coefficient (Wildman–Crippen LogP) is 6.42. The van der Waals surface area contributed by atoms with E-state index in [2.05, 4.69) is 4.74 Å². The first kappa shape index (κ1) is 26.1. The van der Waals surface area contributed by atoms with Crippen LogP contribution in [0.3, 0.4) is 0 Å². The van der Waals surface area contributed by atoms with Crippen molar-refractivity contribution in [3.8, 4) is 0 Å². The minimum Gasteiger partial charge on any atom is -0.459 e. The van der Waals surface area contributed by atoms with Gasteiger partial charge in [0.25, 0.3) is 5.92 Å². The van der Waals surface area contributed by atoms with Gasteiger partial charge < -0.3 is 9.47 Å². The Morgan fingerprint density at radius 2 is 1.45 bits per heavy atom. The van der Waals surface area contributed by atoms with Crippen molar-refractivity contribution in [3.63, 3.8) is 0 Å². The SMILES string of the molecule is CCC(C)(C)C(=O)OC12CC3CC(C1)CC(C(=O)OC(F)(F)CC(F)(F)CC(F)(F)F)(C3)C2. The molecule has 4 aliphatic carbocycles. The number of carbonyl (C=O) groups is 2. The lowest BCUT2D eigenvalue weighted by atomic mass is 9.48. The Morgan fingerprint density at radius 1 is 0.909 bits per heavy atom. The van der Waals surface area contributed by atoms with E-state index in [4.69, 9.17) is 4.74 Å². The van der Waals surface area contributed by atoms with Crippen LogP contribution < -0.4 is 0 Å². The molecule has 0 aromatic rings. The van der Waals surface area contributed by atoms with Gasteiger partial charge >= 0.3 is 24.2 Å². The smallest absolute Gasteiger partial charge is 0.405 e. The second-order valence-electron chi connectivity index (χ2n) is 10.9. The van der Waals surface area contributed by atoms with E-state index in [-0.39, 0.29) is 31.1 Å². The Kier molecular flexibility index (Phi) is 6.32. The van der Waals surface area contributed by atoms with Crippen molar-refractivity contribution in [3.05, 3.63) is 0 Å². The summed E-state index contributed by atoms with van der Waals surface area (Å²) in [5.41, 5.74) is -3.25. The van der Waals surface area contributed by atoms with Gasteiger partial charge in [-0.15, -0.1) is 0 Å². The van der Waals surface area contributed by atoms with E-state index >= 15 is 0 Å². The summed E-state index contributed by atoms with van der Waals surface area (Å²) in [4.78, 5) is 25.6. The highest BCUT2D eigenvalue weighted by Crippen LogP contribution is 2.63. The average molecular weight is 490 g/mol. The molecule has 0 aliphatic heterocycles. The third-order valence-electron chi connectivity index (χ3n) is 7.35. The van der Waals surface area contributed by atoms with E-state index < -0.39 is 59.4 Å². The minimum absolute atomic E-state index is 0.0631. The first-order valence-electron chi connectivity index (χ1n) is 11.1. The summed E-state index contributed by atoms with van der Waals surface area (Å²) in [5.74, 6) is -6.85.